The van der Waals surface area contributed by atoms with Crippen molar-refractivity contribution >= 4 is 15.7 Å². The van der Waals surface area contributed by atoms with E-state index < -0.39 is 20.9 Å². The Bertz CT molecular complexity index is 1220. The van der Waals surface area contributed by atoms with Crippen LogP contribution in [0.2, 0.25) is 0 Å². The molecular weight excluding hydrogens is 424 g/mol. The number of carbonyl (C=O) groups is 1. The number of halogens is 2. The SMILES string of the molecule is Cn1nc(-c2ccc(F)cc2)cc1C(=O)N1CCC(c2ccccc2F)S(=O)(=O)CC1. The van der Waals surface area contributed by atoms with Crippen molar-refractivity contribution in [3.8, 4) is 11.3 Å². The number of amides is 1. The van der Waals surface area contributed by atoms with Gasteiger partial charge in [-0.2, -0.15) is 5.10 Å². The maximum absolute atomic E-state index is 14.2. The second-order valence-electron chi connectivity index (χ2n) is 7.50. The molecule has 1 amide bonds. The standard InChI is InChI=1S/C22H21F2N3O3S/c1-26-20(14-19(25-26)15-6-8-16(23)9-7-15)22(28)27-11-10-21(31(29,30)13-12-27)17-4-2-3-5-18(17)24/h2-9,14,21H,10-13H2,1H3. The number of aryl methyl sites for hydroxylation is 1. The van der Waals surface area contributed by atoms with Gasteiger partial charge < -0.3 is 4.90 Å². The van der Waals surface area contributed by atoms with Crippen LogP contribution in [0.15, 0.2) is 54.6 Å². The monoisotopic (exact) mass is 445 g/mol. The van der Waals surface area contributed by atoms with Crippen molar-refractivity contribution in [3.05, 3.63) is 77.5 Å². The number of sulfone groups is 1. The molecule has 0 radical (unpaired) electrons. The summed E-state index contributed by atoms with van der Waals surface area (Å²) in [7, 11) is -2.01. The van der Waals surface area contributed by atoms with Gasteiger partial charge >= 0.3 is 0 Å². The van der Waals surface area contributed by atoms with Crippen molar-refractivity contribution in [2.75, 3.05) is 18.8 Å². The van der Waals surface area contributed by atoms with Crippen molar-refractivity contribution in [1.82, 2.24) is 14.7 Å². The van der Waals surface area contributed by atoms with Crippen LogP contribution >= 0.6 is 0 Å². The van der Waals surface area contributed by atoms with E-state index in [-0.39, 0.29) is 42.6 Å². The first-order valence-corrected chi connectivity index (χ1v) is 11.5. The Kier molecular flexibility index (Phi) is 5.62. The lowest BCUT2D eigenvalue weighted by atomic mass is 10.1. The van der Waals surface area contributed by atoms with Crippen LogP contribution in [0.5, 0.6) is 0 Å². The van der Waals surface area contributed by atoms with Gasteiger partial charge in [-0.3, -0.25) is 9.48 Å². The van der Waals surface area contributed by atoms with Gasteiger partial charge in [-0.05, 0) is 42.8 Å². The van der Waals surface area contributed by atoms with E-state index in [1.54, 1.807) is 31.3 Å². The van der Waals surface area contributed by atoms with E-state index >= 15 is 0 Å². The zero-order valence-electron chi connectivity index (χ0n) is 16.8. The molecule has 0 spiro atoms. The van der Waals surface area contributed by atoms with E-state index in [1.165, 1.54) is 39.9 Å². The zero-order valence-corrected chi connectivity index (χ0v) is 17.6. The molecule has 2 aromatic carbocycles. The minimum Gasteiger partial charge on any atom is -0.336 e. The van der Waals surface area contributed by atoms with Gasteiger partial charge in [0.15, 0.2) is 9.84 Å². The van der Waals surface area contributed by atoms with Crippen molar-refractivity contribution in [2.24, 2.45) is 7.05 Å². The number of hydrogen-bond donors (Lipinski definition) is 0. The fourth-order valence-corrected chi connectivity index (χ4v) is 5.63. The molecule has 31 heavy (non-hydrogen) atoms. The van der Waals surface area contributed by atoms with Gasteiger partial charge in [-0.25, -0.2) is 17.2 Å². The molecule has 1 unspecified atom stereocenters. The van der Waals surface area contributed by atoms with Crippen molar-refractivity contribution in [2.45, 2.75) is 11.7 Å². The summed E-state index contributed by atoms with van der Waals surface area (Å²) in [5.41, 5.74) is 1.60. The van der Waals surface area contributed by atoms with Crippen LogP contribution in [-0.2, 0) is 16.9 Å². The second-order valence-corrected chi connectivity index (χ2v) is 9.81. The van der Waals surface area contributed by atoms with E-state index in [0.29, 0.717) is 17.0 Å². The van der Waals surface area contributed by atoms with E-state index in [9.17, 15) is 22.0 Å². The predicted octanol–water partition coefficient (Wildman–Crippen LogP) is 3.37. The first kappa shape index (κ1) is 21.2. The topological polar surface area (TPSA) is 72.3 Å². The fourth-order valence-electron chi connectivity index (χ4n) is 3.82. The van der Waals surface area contributed by atoms with Crippen LogP contribution < -0.4 is 0 Å². The van der Waals surface area contributed by atoms with Crippen LogP contribution in [0.1, 0.15) is 27.7 Å². The van der Waals surface area contributed by atoms with E-state index in [0.717, 1.165) is 0 Å². The van der Waals surface area contributed by atoms with E-state index in [1.807, 2.05) is 0 Å². The largest absolute Gasteiger partial charge is 0.336 e. The molecule has 1 fully saturated rings. The first-order valence-electron chi connectivity index (χ1n) is 9.81. The Morgan fingerprint density at radius 1 is 1.06 bits per heavy atom. The Balaban J connectivity index is 1.58. The van der Waals surface area contributed by atoms with Gasteiger partial charge in [0.2, 0.25) is 0 Å². The summed E-state index contributed by atoms with van der Waals surface area (Å²) in [6, 6.07) is 13.2. The summed E-state index contributed by atoms with van der Waals surface area (Å²) in [4.78, 5) is 14.6. The van der Waals surface area contributed by atoms with E-state index in [4.69, 9.17) is 0 Å². The molecule has 4 rings (SSSR count). The number of hydrogen-bond acceptors (Lipinski definition) is 4. The van der Waals surface area contributed by atoms with Crippen LogP contribution in [0.4, 0.5) is 8.78 Å². The molecule has 9 heteroatoms. The summed E-state index contributed by atoms with van der Waals surface area (Å²) in [5, 5.41) is 3.34. The summed E-state index contributed by atoms with van der Waals surface area (Å²) in [6.07, 6.45) is 0.109. The highest BCUT2D eigenvalue weighted by molar-refractivity contribution is 7.91. The number of rotatable bonds is 3. The van der Waals surface area contributed by atoms with Crippen molar-refractivity contribution in [1.29, 1.82) is 0 Å². The Labute approximate surface area is 179 Å². The van der Waals surface area contributed by atoms with Gasteiger partial charge in [0.05, 0.1) is 16.7 Å². The van der Waals surface area contributed by atoms with Gasteiger partial charge in [0, 0.05) is 31.3 Å². The molecule has 1 aromatic heterocycles. The maximum Gasteiger partial charge on any atom is 0.272 e. The predicted molar refractivity (Wildman–Crippen MR) is 112 cm³/mol. The van der Waals surface area contributed by atoms with Gasteiger partial charge in [0.1, 0.15) is 17.3 Å². The zero-order chi connectivity index (χ0) is 22.2. The maximum atomic E-state index is 14.2. The van der Waals surface area contributed by atoms with Gasteiger partial charge in [-0.1, -0.05) is 18.2 Å². The molecule has 0 aliphatic carbocycles. The second kappa shape index (κ2) is 8.22. The third-order valence-electron chi connectivity index (χ3n) is 5.52. The lowest BCUT2D eigenvalue weighted by Crippen LogP contribution is -2.34. The number of aromatic nitrogens is 2. The summed E-state index contributed by atoms with van der Waals surface area (Å²) >= 11 is 0. The van der Waals surface area contributed by atoms with Gasteiger partial charge in [-0.15, -0.1) is 0 Å². The summed E-state index contributed by atoms with van der Waals surface area (Å²) in [6.45, 7) is 0.192. The normalized spacial score (nSPS) is 18.5. The summed E-state index contributed by atoms with van der Waals surface area (Å²) < 4.78 is 54.4. The highest BCUT2D eigenvalue weighted by Gasteiger charge is 2.35. The number of nitrogens with zero attached hydrogens (tertiary/aromatic N) is 3. The minimum absolute atomic E-state index is 0.0170. The molecule has 1 atom stereocenters. The Hall–Kier alpha value is -3.07. The lowest BCUT2D eigenvalue weighted by Gasteiger charge is -2.20. The molecule has 0 saturated carbocycles. The molecule has 1 aliphatic rings. The van der Waals surface area contributed by atoms with Crippen LogP contribution in [0, 0.1) is 11.6 Å². The third-order valence-corrected chi connectivity index (χ3v) is 7.63. The average molecular weight is 445 g/mol. The number of carbonyl (C=O) groups excluding carboxylic acids is 1. The first-order chi connectivity index (χ1) is 14.8. The smallest absolute Gasteiger partial charge is 0.272 e. The van der Waals surface area contributed by atoms with Crippen molar-refractivity contribution in [3.63, 3.8) is 0 Å². The third kappa shape index (κ3) is 4.23. The van der Waals surface area contributed by atoms with Crippen LogP contribution in [0.3, 0.4) is 0 Å². The highest BCUT2D eigenvalue weighted by Crippen LogP contribution is 2.31. The molecule has 0 N–H and O–H groups in total. The van der Waals surface area contributed by atoms with Crippen LogP contribution in [-0.4, -0.2) is 47.8 Å². The molecule has 3 aromatic rings. The Morgan fingerprint density at radius 2 is 1.77 bits per heavy atom. The molecule has 162 valence electrons. The minimum atomic E-state index is -3.63. The summed E-state index contributed by atoms with van der Waals surface area (Å²) in [5.74, 6) is -1.54. The highest BCUT2D eigenvalue weighted by atomic mass is 32.2. The van der Waals surface area contributed by atoms with Gasteiger partial charge in [0.25, 0.3) is 5.91 Å². The lowest BCUT2D eigenvalue weighted by molar-refractivity contribution is 0.0755. The van der Waals surface area contributed by atoms with Crippen molar-refractivity contribution < 1.29 is 22.0 Å². The molecular formula is C22H21F2N3O3S. The van der Waals surface area contributed by atoms with Crippen LogP contribution in [0.25, 0.3) is 11.3 Å². The number of benzene rings is 2. The Morgan fingerprint density at radius 3 is 2.48 bits per heavy atom. The molecule has 1 saturated heterocycles. The molecule has 1 aliphatic heterocycles. The average Bonchev–Trinajstić information content (AvgIpc) is 3.05. The van der Waals surface area contributed by atoms with E-state index in [2.05, 4.69) is 5.10 Å². The molecule has 2 heterocycles. The quantitative estimate of drug-likeness (QED) is 0.620. The molecule has 6 nitrogen and oxygen atoms in total. The fraction of sp³-hybridized carbons (Fsp3) is 0.273. The molecule has 0 bridgehead atoms.